The number of allylic oxidation sites excluding steroid dienone is 1. The molecular weight excluding hydrogens is 449 g/mol. The van der Waals surface area contributed by atoms with E-state index in [1.165, 1.54) is 18.2 Å². The first-order valence-electron chi connectivity index (χ1n) is 8.55. The molecule has 11 heteroatoms. The van der Waals surface area contributed by atoms with Crippen molar-refractivity contribution >= 4 is 52.2 Å². The number of carbonyl (C=O) groups excluding carboxylic acids is 1. The summed E-state index contributed by atoms with van der Waals surface area (Å²) in [6.45, 7) is 4.19. The third-order valence-electron chi connectivity index (χ3n) is 3.89. The van der Waals surface area contributed by atoms with Gasteiger partial charge in [0.2, 0.25) is 5.91 Å². The smallest absolute Gasteiger partial charge is 0.292 e. The predicted molar refractivity (Wildman–Crippen MR) is 118 cm³/mol. The number of thioether (sulfide) groups is 1. The Morgan fingerprint density at radius 2 is 1.90 bits per heavy atom. The van der Waals surface area contributed by atoms with Crippen LogP contribution in [0, 0.1) is 10.1 Å². The minimum atomic E-state index is -0.585. The van der Waals surface area contributed by atoms with Gasteiger partial charge in [-0.3, -0.25) is 19.5 Å². The van der Waals surface area contributed by atoms with Crippen molar-refractivity contribution in [3.8, 4) is 11.4 Å². The number of amides is 1. The summed E-state index contributed by atoms with van der Waals surface area (Å²) in [5.74, 6) is 0.144. The van der Waals surface area contributed by atoms with Gasteiger partial charge in [0.25, 0.3) is 5.69 Å². The number of halogens is 2. The van der Waals surface area contributed by atoms with Gasteiger partial charge in [-0.25, -0.2) is 0 Å². The normalized spacial score (nSPS) is 10.6. The number of hydrogen-bond acceptors (Lipinski definition) is 6. The Kier molecular flexibility index (Phi) is 7.09. The molecule has 2 aromatic carbocycles. The second-order valence-corrected chi connectivity index (χ2v) is 7.78. The minimum absolute atomic E-state index is 0.0282. The number of nitrogens with one attached hydrogen (secondary N) is 1. The van der Waals surface area contributed by atoms with Crippen LogP contribution < -0.4 is 5.32 Å². The molecule has 0 aliphatic heterocycles. The van der Waals surface area contributed by atoms with Crippen molar-refractivity contribution in [3.63, 3.8) is 0 Å². The van der Waals surface area contributed by atoms with E-state index in [4.69, 9.17) is 23.2 Å². The fraction of sp³-hybridized carbons (Fsp3) is 0.105. The lowest BCUT2D eigenvalue weighted by Gasteiger charge is -2.09. The van der Waals surface area contributed by atoms with Gasteiger partial charge in [-0.1, -0.05) is 41.0 Å². The summed E-state index contributed by atoms with van der Waals surface area (Å²) >= 11 is 13.0. The van der Waals surface area contributed by atoms with Gasteiger partial charge >= 0.3 is 0 Å². The molecule has 0 saturated carbocycles. The summed E-state index contributed by atoms with van der Waals surface area (Å²) in [7, 11) is 0. The SMILES string of the molecule is C=CCn1c(SCC(=O)Nc2cc(Cl)ccc2[N+](=O)[O-])nnc1-c1ccc(Cl)cc1. The number of carbonyl (C=O) groups is 1. The van der Waals surface area contributed by atoms with Crippen LogP contribution in [0.1, 0.15) is 0 Å². The molecule has 0 radical (unpaired) electrons. The van der Waals surface area contributed by atoms with Crippen LogP contribution in [0.5, 0.6) is 0 Å². The number of hydrogen-bond donors (Lipinski definition) is 1. The summed E-state index contributed by atoms with van der Waals surface area (Å²) in [5, 5.41) is 23.4. The molecule has 0 spiro atoms. The molecule has 8 nitrogen and oxygen atoms in total. The van der Waals surface area contributed by atoms with E-state index in [1.54, 1.807) is 18.2 Å². The summed E-state index contributed by atoms with van der Waals surface area (Å²) in [6.07, 6.45) is 1.70. The molecule has 0 saturated heterocycles. The lowest BCUT2D eigenvalue weighted by atomic mass is 10.2. The van der Waals surface area contributed by atoms with E-state index in [2.05, 4.69) is 22.1 Å². The number of benzene rings is 2. The van der Waals surface area contributed by atoms with Crippen LogP contribution in [0.2, 0.25) is 10.0 Å². The first-order valence-corrected chi connectivity index (χ1v) is 10.3. The number of nitrogens with zero attached hydrogens (tertiary/aromatic N) is 4. The molecule has 0 aliphatic carbocycles. The van der Waals surface area contributed by atoms with Crippen LogP contribution in [0.15, 0.2) is 60.3 Å². The lowest BCUT2D eigenvalue weighted by molar-refractivity contribution is -0.383. The molecule has 0 bridgehead atoms. The highest BCUT2D eigenvalue weighted by Gasteiger charge is 2.18. The summed E-state index contributed by atoms with van der Waals surface area (Å²) < 4.78 is 1.82. The highest BCUT2D eigenvalue weighted by Crippen LogP contribution is 2.29. The molecule has 0 aliphatic rings. The highest BCUT2D eigenvalue weighted by molar-refractivity contribution is 7.99. The van der Waals surface area contributed by atoms with Crippen LogP contribution >= 0.6 is 35.0 Å². The van der Waals surface area contributed by atoms with Gasteiger partial charge in [0.05, 0.1) is 10.7 Å². The maximum absolute atomic E-state index is 12.4. The van der Waals surface area contributed by atoms with Gasteiger partial charge in [0.1, 0.15) is 5.69 Å². The topological polar surface area (TPSA) is 103 Å². The zero-order chi connectivity index (χ0) is 21.7. The van der Waals surface area contributed by atoms with Gasteiger partial charge in [-0.15, -0.1) is 16.8 Å². The second-order valence-electron chi connectivity index (χ2n) is 5.97. The standard InChI is InChI=1S/C19H15Cl2N5O3S/c1-2-9-25-18(12-3-5-13(20)6-4-12)23-24-19(25)30-11-17(27)22-15-10-14(21)7-8-16(15)26(28)29/h2-8,10H,1,9,11H2,(H,22,27). The fourth-order valence-electron chi connectivity index (χ4n) is 2.59. The van der Waals surface area contributed by atoms with E-state index in [-0.39, 0.29) is 22.2 Å². The van der Waals surface area contributed by atoms with Crippen LogP contribution in [-0.4, -0.2) is 31.3 Å². The number of nitro benzene ring substituents is 1. The van der Waals surface area contributed by atoms with E-state index in [9.17, 15) is 14.9 Å². The average Bonchev–Trinajstić information content (AvgIpc) is 3.10. The predicted octanol–water partition coefficient (Wildman–Crippen LogP) is 5.08. The number of aromatic nitrogens is 3. The molecule has 1 heterocycles. The van der Waals surface area contributed by atoms with Gasteiger partial charge in [-0.2, -0.15) is 0 Å². The van der Waals surface area contributed by atoms with Crippen molar-refractivity contribution in [2.45, 2.75) is 11.7 Å². The molecule has 0 unspecified atom stereocenters. The molecule has 1 N–H and O–H groups in total. The first kappa shape index (κ1) is 21.8. The average molecular weight is 464 g/mol. The Morgan fingerprint density at radius 3 is 2.57 bits per heavy atom. The van der Waals surface area contributed by atoms with Crippen LogP contribution in [0.25, 0.3) is 11.4 Å². The Morgan fingerprint density at radius 1 is 1.20 bits per heavy atom. The Bertz CT molecular complexity index is 1100. The highest BCUT2D eigenvalue weighted by atomic mass is 35.5. The number of nitro groups is 1. The molecule has 0 fully saturated rings. The zero-order valence-corrected chi connectivity index (χ0v) is 17.7. The van der Waals surface area contributed by atoms with Gasteiger partial charge in [0, 0.05) is 28.2 Å². The molecule has 1 amide bonds. The summed E-state index contributed by atoms with van der Waals surface area (Å²) in [4.78, 5) is 22.9. The largest absolute Gasteiger partial charge is 0.320 e. The Hall–Kier alpha value is -2.88. The maximum Gasteiger partial charge on any atom is 0.292 e. The monoisotopic (exact) mass is 463 g/mol. The number of rotatable bonds is 8. The molecule has 0 atom stereocenters. The zero-order valence-electron chi connectivity index (χ0n) is 15.4. The third kappa shape index (κ3) is 5.18. The van der Waals surface area contributed by atoms with Gasteiger partial charge in [0.15, 0.2) is 11.0 Å². The van der Waals surface area contributed by atoms with Crippen molar-refractivity contribution in [1.29, 1.82) is 0 Å². The van der Waals surface area contributed by atoms with Crippen molar-refractivity contribution in [1.82, 2.24) is 14.8 Å². The molecular formula is C19H15Cl2N5O3S. The number of anilines is 1. The molecule has 1 aromatic heterocycles. The van der Waals surface area contributed by atoms with Crippen LogP contribution in [0.3, 0.4) is 0 Å². The minimum Gasteiger partial charge on any atom is -0.320 e. The van der Waals surface area contributed by atoms with Crippen molar-refractivity contribution < 1.29 is 9.72 Å². The van der Waals surface area contributed by atoms with E-state index < -0.39 is 10.8 Å². The van der Waals surface area contributed by atoms with Crippen molar-refractivity contribution in [3.05, 3.63) is 75.3 Å². The van der Waals surface area contributed by atoms with Crippen LogP contribution in [0.4, 0.5) is 11.4 Å². The van der Waals surface area contributed by atoms with E-state index in [0.29, 0.717) is 22.5 Å². The van der Waals surface area contributed by atoms with E-state index in [1.807, 2.05) is 16.7 Å². The van der Waals surface area contributed by atoms with E-state index in [0.717, 1.165) is 17.3 Å². The van der Waals surface area contributed by atoms with Crippen molar-refractivity contribution in [2.75, 3.05) is 11.1 Å². The lowest BCUT2D eigenvalue weighted by Crippen LogP contribution is -2.15. The quantitative estimate of drug-likeness (QED) is 0.216. The van der Waals surface area contributed by atoms with Crippen molar-refractivity contribution in [2.24, 2.45) is 0 Å². The molecule has 3 rings (SSSR count). The summed E-state index contributed by atoms with van der Waals surface area (Å²) in [6, 6.07) is 11.1. The van der Waals surface area contributed by atoms with Crippen LogP contribution in [-0.2, 0) is 11.3 Å². The Balaban J connectivity index is 1.75. The molecule has 3 aromatic rings. The van der Waals surface area contributed by atoms with Gasteiger partial charge in [-0.05, 0) is 36.4 Å². The third-order valence-corrected chi connectivity index (χ3v) is 5.35. The fourth-order valence-corrected chi connectivity index (χ4v) is 3.63. The maximum atomic E-state index is 12.4. The Labute approximate surface area is 186 Å². The molecule has 154 valence electrons. The molecule has 30 heavy (non-hydrogen) atoms. The van der Waals surface area contributed by atoms with E-state index >= 15 is 0 Å². The second kappa shape index (κ2) is 9.75. The summed E-state index contributed by atoms with van der Waals surface area (Å²) in [5.41, 5.74) is 0.615. The first-order chi connectivity index (χ1) is 14.4. The van der Waals surface area contributed by atoms with Gasteiger partial charge < -0.3 is 5.32 Å².